The van der Waals surface area contributed by atoms with Gasteiger partial charge in [0.1, 0.15) is 11.2 Å². The predicted molar refractivity (Wildman–Crippen MR) is 235 cm³/mol. The summed E-state index contributed by atoms with van der Waals surface area (Å²) in [7, 11) is 0. The Morgan fingerprint density at radius 1 is 0.333 bits per heavy atom. The molecule has 0 saturated heterocycles. The summed E-state index contributed by atoms with van der Waals surface area (Å²) in [6.07, 6.45) is 0. The Labute approximate surface area is 329 Å². The van der Waals surface area contributed by atoms with Crippen molar-refractivity contribution in [2.24, 2.45) is 0 Å². The molecule has 0 N–H and O–H groups in total. The Morgan fingerprint density at radius 2 is 0.860 bits per heavy atom. The fourth-order valence-corrected chi connectivity index (χ4v) is 8.13. The summed E-state index contributed by atoms with van der Waals surface area (Å²) in [4.78, 5) is 15.4. The molecule has 4 nitrogen and oxygen atoms in total. The second-order valence-corrected chi connectivity index (χ2v) is 14.3. The standard InChI is InChI=1S/C53H33N3O/c1-3-13-38(14-4-1)51-45-22-11-19-40(50(45)44-18-7-9-23-46(44)54-51)34-25-29-36(30-26-34)47-33-48(56-53(55-47)39-15-5-2-6-16-39)37-31-27-35(28-32-37)41-20-12-21-43-42-17-8-10-24-49(42)57-52(41)43/h1-33H. The minimum atomic E-state index is 0.685. The highest BCUT2D eigenvalue weighted by molar-refractivity contribution is 6.17. The summed E-state index contributed by atoms with van der Waals surface area (Å²) < 4.78 is 6.36. The molecule has 0 aliphatic rings. The van der Waals surface area contributed by atoms with Crippen molar-refractivity contribution in [3.8, 4) is 67.4 Å². The van der Waals surface area contributed by atoms with Gasteiger partial charge in [-0.1, -0.05) is 182 Å². The number of fused-ring (bicyclic) bond motifs is 6. The van der Waals surface area contributed by atoms with Crippen molar-refractivity contribution in [1.29, 1.82) is 0 Å². The van der Waals surface area contributed by atoms with Crippen molar-refractivity contribution < 1.29 is 4.42 Å². The van der Waals surface area contributed by atoms with E-state index in [4.69, 9.17) is 19.4 Å². The van der Waals surface area contributed by atoms with Gasteiger partial charge >= 0.3 is 0 Å². The van der Waals surface area contributed by atoms with E-state index in [9.17, 15) is 0 Å². The quantitative estimate of drug-likeness (QED) is 0.160. The second-order valence-electron chi connectivity index (χ2n) is 14.3. The van der Waals surface area contributed by atoms with Crippen LogP contribution in [0.15, 0.2) is 205 Å². The highest BCUT2D eigenvalue weighted by Crippen LogP contribution is 2.40. The average molecular weight is 728 g/mol. The number of rotatable bonds is 6. The van der Waals surface area contributed by atoms with Gasteiger partial charge in [0.25, 0.3) is 0 Å². The van der Waals surface area contributed by atoms with Crippen molar-refractivity contribution in [3.63, 3.8) is 0 Å². The Kier molecular flexibility index (Phi) is 7.78. The molecule has 57 heavy (non-hydrogen) atoms. The molecule has 3 heterocycles. The first-order valence-electron chi connectivity index (χ1n) is 19.2. The summed E-state index contributed by atoms with van der Waals surface area (Å²) in [5, 5.41) is 5.72. The van der Waals surface area contributed by atoms with Crippen LogP contribution >= 0.6 is 0 Å². The van der Waals surface area contributed by atoms with Crippen LogP contribution in [0.2, 0.25) is 0 Å². The molecule has 3 aromatic heterocycles. The SMILES string of the molecule is c1ccc(-c2nc(-c3ccc(-c4cccc5c4oc4ccccc45)cc3)cc(-c3ccc(-c4cccc5c(-c6ccccc6)nc6ccccc6c45)cc3)n2)cc1. The van der Waals surface area contributed by atoms with Gasteiger partial charge < -0.3 is 4.42 Å². The monoisotopic (exact) mass is 727 g/mol. The summed E-state index contributed by atoms with van der Waals surface area (Å²) in [6.45, 7) is 0. The lowest BCUT2D eigenvalue weighted by atomic mass is 9.92. The van der Waals surface area contributed by atoms with Gasteiger partial charge in [0.15, 0.2) is 5.82 Å². The largest absolute Gasteiger partial charge is 0.455 e. The Hall–Kier alpha value is -7.69. The first-order chi connectivity index (χ1) is 28.2. The molecule has 0 amide bonds. The molecule has 0 radical (unpaired) electrons. The molecule has 0 saturated carbocycles. The van der Waals surface area contributed by atoms with E-state index in [0.29, 0.717) is 5.82 Å². The predicted octanol–water partition coefficient (Wildman–Crippen LogP) is 14.1. The first kappa shape index (κ1) is 32.7. The minimum absolute atomic E-state index is 0.685. The number of pyridine rings is 1. The van der Waals surface area contributed by atoms with Gasteiger partial charge in [0.2, 0.25) is 0 Å². The maximum atomic E-state index is 6.36. The Balaban J connectivity index is 0.998. The molecular formula is C53H33N3O. The van der Waals surface area contributed by atoms with Crippen molar-refractivity contribution in [2.45, 2.75) is 0 Å². The molecule has 11 rings (SSSR count). The third-order valence-corrected chi connectivity index (χ3v) is 10.9. The smallest absolute Gasteiger partial charge is 0.160 e. The lowest BCUT2D eigenvalue weighted by molar-refractivity contribution is 0.670. The molecule has 0 bridgehead atoms. The highest BCUT2D eigenvalue weighted by atomic mass is 16.3. The number of hydrogen-bond acceptors (Lipinski definition) is 4. The van der Waals surface area contributed by atoms with Crippen molar-refractivity contribution in [1.82, 2.24) is 15.0 Å². The molecule has 0 aliphatic heterocycles. The molecule has 11 aromatic rings. The molecule has 4 heteroatoms. The van der Waals surface area contributed by atoms with Crippen LogP contribution in [0.3, 0.4) is 0 Å². The lowest BCUT2D eigenvalue weighted by Gasteiger charge is -2.14. The van der Waals surface area contributed by atoms with Gasteiger partial charge in [-0.25, -0.2) is 15.0 Å². The second kappa shape index (κ2) is 13.6. The molecule has 266 valence electrons. The van der Waals surface area contributed by atoms with Gasteiger partial charge in [-0.2, -0.15) is 0 Å². The zero-order chi connectivity index (χ0) is 37.7. The van der Waals surface area contributed by atoms with Crippen LogP contribution in [0, 0.1) is 0 Å². The van der Waals surface area contributed by atoms with E-state index < -0.39 is 0 Å². The normalized spacial score (nSPS) is 11.5. The van der Waals surface area contributed by atoms with Crippen molar-refractivity contribution in [3.05, 3.63) is 200 Å². The van der Waals surface area contributed by atoms with E-state index in [-0.39, 0.29) is 0 Å². The number of furan rings is 1. The van der Waals surface area contributed by atoms with Crippen molar-refractivity contribution in [2.75, 3.05) is 0 Å². The summed E-state index contributed by atoms with van der Waals surface area (Å²) in [5.74, 6) is 0.685. The molecule has 0 spiro atoms. The van der Waals surface area contributed by atoms with Crippen molar-refractivity contribution >= 4 is 43.6 Å². The molecular weight excluding hydrogens is 695 g/mol. The third kappa shape index (κ3) is 5.74. The topological polar surface area (TPSA) is 51.8 Å². The number of aromatic nitrogens is 3. The van der Waals surface area contributed by atoms with Gasteiger partial charge in [-0.3, -0.25) is 0 Å². The maximum Gasteiger partial charge on any atom is 0.160 e. The van der Waals surface area contributed by atoms with Crippen LogP contribution in [0.1, 0.15) is 0 Å². The van der Waals surface area contributed by atoms with E-state index >= 15 is 0 Å². The Bertz CT molecular complexity index is 3260. The fourth-order valence-electron chi connectivity index (χ4n) is 8.13. The molecule has 0 unspecified atom stereocenters. The van der Waals surface area contributed by atoms with E-state index in [1.165, 1.54) is 10.9 Å². The molecule has 0 atom stereocenters. The van der Waals surface area contributed by atoms with Gasteiger partial charge in [0, 0.05) is 54.7 Å². The van der Waals surface area contributed by atoms with Gasteiger partial charge in [0.05, 0.1) is 22.6 Å². The first-order valence-corrected chi connectivity index (χ1v) is 19.2. The molecule has 0 aliphatic carbocycles. The number of benzene rings is 8. The molecule has 8 aromatic carbocycles. The van der Waals surface area contributed by atoms with Crippen LogP contribution < -0.4 is 0 Å². The highest BCUT2D eigenvalue weighted by Gasteiger charge is 2.17. The summed E-state index contributed by atoms with van der Waals surface area (Å²) >= 11 is 0. The van der Waals surface area contributed by atoms with Crippen LogP contribution in [-0.4, -0.2) is 15.0 Å². The summed E-state index contributed by atoms with van der Waals surface area (Å²) in [5.41, 5.74) is 14.0. The van der Waals surface area contributed by atoms with E-state index in [0.717, 1.165) is 94.3 Å². The minimum Gasteiger partial charge on any atom is -0.455 e. The zero-order valence-corrected chi connectivity index (χ0v) is 30.8. The third-order valence-electron chi connectivity index (χ3n) is 10.9. The van der Waals surface area contributed by atoms with Gasteiger partial charge in [-0.05, 0) is 34.9 Å². The van der Waals surface area contributed by atoms with E-state index in [2.05, 4.69) is 164 Å². The van der Waals surface area contributed by atoms with Crippen LogP contribution in [-0.2, 0) is 0 Å². The number of hydrogen-bond donors (Lipinski definition) is 0. The average Bonchev–Trinajstić information content (AvgIpc) is 3.68. The molecule has 0 fully saturated rings. The van der Waals surface area contributed by atoms with Gasteiger partial charge in [-0.15, -0.1) is 0 Å². The van der Waals surface area contributed by atoms with Crippen LogP contribution in [0.25, 0.3) is 111 Å². The van der Waals surface area contributed by atoms with E-state index in [1.807, 2.05) is 36.4 Å². The van der Waals surface area contributed by atoms with Crippen LogP contribution in [0.4, 0.5) is 0 Å². The fraction of sp³-hybridized carbons (Fsp3) is 0. The van der Waals surface area contributed by atoms with E-state index in [1.54, 1.807) is 0 Å². The summed E-state index contributed by atoms with van der Waals surface area (Å²) in [6, 6.07) is 69.6. The Morgan fingerprint density at radius 3 is 1.56 bits per heavy atom. The maximum absolute atomic E-state index is 6.36. The lowest BCUT2D eigenvalue weighted by Crippen LogP contribution is -1.96. The number of para-hydroxylation sites is 3. The zero-order valence-electron chi connectivity index (χ0n) is 30.8. The number of nitrogens with zero attached hydrogens (tertiary/aromatic N) is 3. The van der Waals surface area contributed by atoms with Crippen LogP contribution in [0.5, 0.6) is 0 Å².